The van der Waals surface area contributed by atoms with Crippen molar-refractivity contribution in [2.45, 2.75) is 38.8 Å². The molecule has 132 valence electrons. The second-order valence-electron chi connectivity index (χ2n) is 5.71. The first-order chi connectivity index (χ1) is 10.7. The van der Waals surface area contributed by atoms with E-state index in [9.17, 15) is 0 Å². The van der Waals surface area contributed by atoms with Crippen molar-refractivity contribution >= 4 is 41.3 Å². The molecule has 1 fully saturated rings. The molecule has 0 amide bonds. The predicted octanol–water partition coefficient (Wildman–Crippen LogP) is 2.83. The van der Waals surface area contributed by atoms with Crippen LogP contribution < -0.4 is 11.1 Å². The largest absolute Gasteiger partial charge is 0.376 e. The summed E-state index contributed by atoms with van der Waals surface area (Å²) >= 11 is 1.79. The molecule has 2 rings (SSSR count). The first-order valence-corrected chi connectivity index (χ1v) is 9.01. The standard InChI is InChI=1S/C16H28N4OS.HI/c1-3-4-7-18-16(17)19-11-14(15-6-5-10-22-15)20-8-9-21-13(2)12-20;/h5-6,10,13-14H,3-4,7-9,11-12H2,1-2H3,(H3,17,18,19);1H. The molecule has 2 atom stereocenters. The lowest BCUT2D eigenvalue weighted by atomic mass is 10.1. The molecule has 1 aromatic heterocycles. The molecule has 1 aliphatic rings. The number of nitrogens with one attached hydrogen (secondary N) is 1. The molecule has 5 nitrogen and oxygen atoms in total. The quantitative estimate of drug-likeness (QED) is 0.289. The predicted molar refractivity (Wildman–Crippen MR) is 109 cm³/mol. The van der Waals surface area contributed by atoms with Gasteiger partial charge in [-0.2, -0.15) is 0 Å². The van der Waals surface area contributed by atoms with Crippen LogP contribution in [0.1, 0.15) is 37.6 Å². The third-order valence-corrected chi connectivity index (χ3v) is 4.83. The number of morpholine rings is 1. The highest BCUT2D eigenvalue weighted by Gasteiger charge is 2.26. The van der Waals surface area contributed by atoms with Crippen LogP contribution in [0.3, 0.4) is 0 Å². The maximum absolute atomic E-state index is 5.97. The van der Waals surface area contributed by atoms with E-state index in [1.165, 1.54) is 4.88 Å². The number of halogens is 1. The molecular weight excluding hydrogens is 423 g/mol. The summed E-state index contributed by atoms with van der Waals surface area (Å²) in [5.41, 5.74) is 5.97. The molecule has 2 heterocycles. The summed E-state index contributed by atoms with van der Waals surface area (Å²) in [6.45, 7) is 8.56. The molecule has 1 saturated heterocycles. The zero-order valence-corrected chi connectivity index (χ0v) is 17.2. The van der Waals surface area contributed by atoms with Crippen LogP contribution in [0.4, 0.5) is 0 Å². The monoisotopic (exact) mass is 452 g/mol. The van der Waals surface area contributed by atoms with Crippen LogP contribution in [-0.4, -0.2) is 49.7 Å². The highest BCUT2D eigenvalue weighted by molar-refractivity contribution is 14.0. The van der Waals surface area contributed by atoms with E-state index in [1.54, 1.807) is 11.3 Å². The van der Waals surface area contributed by atoms with Crippen LogP contribution in [0.25, 0.3) is 0 Å². The first kappa shape index (κ1) is 20.7. The van der Waals surface area contributed by atoms with E-state index in [2.05, 4.69) is 46.6 Å². The third kappa shape index (κ3) is 6.94. The number of unbranched alkanes of at least 4 members (excludes halogenated alkanes) is 1. The van der Waals surface area contributed by atoms with E-state index >= 15 is 0 Å². The molecule has 23 heavy (non-hydrogen) atoms. The maximum Gasteiger partial charge on any atom is 0.188 e. The Morgan fingerprint density at radius 3 is 3.09 bits per heavy atom. The van der Waals surface area contributed by atoms with Crippen molar-refractivity contribution in [3.05, 3.63) is 22.4 Å². The summed E-state index contributed by atoms with van der Waals surface area (Å²) in [7, 11) is 0. The molecule has 0 spiro atoms. The van der Waals surface area contributed by atoms with Gasteiger partial charge in [0.15, 0.2) is 5.96 Å². The second kappa shape index (κ2) is 11.2. The number of nitrogens with zero attached hydrogens (tertiary/aromatic N) is 2. The van der Waals surface area contributed by atoms with Gasteiger partial charge in [0, 0.05) is 24.5 Å². The Balaban J connectivity index is 0.00000264. The lowest BCUT2D eigenvalue weighted by Gasteiger charge is -2.36. The van der Waals surface area contributed by atoms with Crippen molar-refractivity contribution in [1.82, 2.24) is 10.2 Å². The van der Waals surface area contributed by atoms with E-state index < -0.39 is 0 Å². The topological polar surface area (TPSA) is 62.9 Å². The number of hydrogen-bond donors (Lipinski definition) is 2. The third-order valence-electron chi connectivity index (χ3n) is 3.86. The summed E-state index contributed by atoms with van der Waals surface area (Å²) in [6.07, 6.45) is 2.55. The molecule has 1 aromatic rings. The molecule has 0 aliphatic carbocycles. The van der Waals surface area contributed by atoms with Gasteiger partial charge in [0.25, 0.3) is 0 Å². The normalized spacial score (nSPS) is 20.8. The maximum atomic E-state index is 5.97. The minimum atomic E-state index is 0. The lowest BCUT2D eigenvalue weighted by Crippen LogP contribution is -2.44. The van der Waals surface area contributed by atoms with Crippen LogP contribution in [0.5, 0.6) is 0 Å². The summed E-state index contributed by atoms with van der Waals surface area (Å²) in [5.74, 6) is 0.552. The Kier molecular flexibility index (Phi) is 10.1. The number of thiophene rings is 1. The van der Waals surface area contributed by atoms with Crippen molar-refractivity contribution in [3.8, 4) is 0 Å². The van der Waals surface area contributed by atoms with Crippen LogP contribution in [0.2, 0.25) is 0 Å². The Morgan fingerprint density at radius 2 is 2.43 bits per heavy atom. The molecule has 0 bridgehead atoms. The minimum Gasteiger partial charge on any atom is -0.376 e. The van der Waals surface area contributed by atoms with Crippen molar-refractivity contribution < 1.29 is 4.74 Å². The van der Waals surface area contributed by atoms with Crippen molar-refractivity contribution in [1.29, 1.82) is 0 Å². The Morgan fingerprint density at radius 1 is 1.61 bits per heavy atom. The summed E-state index contributed by atoms with van der Waals surface area (Å²) in [5, 5.41) is 5.31. The molecule has 0 aromatic carbocycles. The van der Waals surface area contributed by atoms with Gasteiger partial charge in [-0.15, -0.1) is 35.3 Å². The SMILES string of the molecule is CCCCNC(N)=NCC(c1cccs1)N1CCOC(C)C1.I. The van der Waals surface area contributed by atoms with Crippen molar-refractivity contribution in [2.75, 3.05) is 32.8 Å². The number of rotatable bonds is 7. The summed E-state index contributed by atoms with van der Waals surface area (Å²) in [4.78, 5) is 8.37. The number of nitrogens with two attached hydrogens (primary N) is 1. The summed E-state index contributed by atoms with van der Waals surface area (Å²) < 4.78 is 5.66. The van der Waals surface area contributed by atoms with Crippen LogP contribution in [0.15, 0.2) is 22.5 Å². The van der Waals surface area contributed by atoms with Gasteiger partial charge in [0.1, 0.15) is 0 Å². The average molecular weight is 452 g/mol. The van der Waals surface area contributed by atoms with Gasteiger partial charge in [-0.25, -0.2) is 0 Å². The van der Waals surface area contributed by atoms with Crippen LogP contribution >= 0.6 is 35.3 Å². The fourth-order valence-electron chi connectivity index (χ4n) is 2.63. The van der Waals surface area contributed by atoms with Crippen LogP contribution in [0, 0.1) is 0 Å². The van der Waals surface area contributed by atoms with Gasteiger partial charge >= 0.3 is 0 Å². The highest BCUT2D eigenvalue weighted by atomic mass is 127. The Hall–Kier alpha value is -0.380. The van der Waals surface area contributed by atoms with Gasteiger partial charge in [0.2, 0.25) is 0 Å². The fraction of sp³-hybridized carbons (Fsp3) is 0.688. The van der Waals surface area contributed by atoms with E-state index in [4.69, 9.17) is 10.5 Å². The molecule has 7 heteroatoms. The Labute approximate surface area is 160 Å². The van der Waals surface area contributed by atoms with E-state index in [0.717, 1.165) is 39.1 Å². The molecule has 0 radical (unpaired) electrons. The second-order valence-corrected chi connectivity index (χ2v) is 6.69. The molecule has 0 saturated carbocycles. The summed E-state index contributed by atoms with van der Waals surface area (Å²) in [6, 6.07) is 4.58. The smallest absolute Gasteiger partial charge is 0.188 e. The van der Waals surface area contributed by atoms with Crippen LogP contribution in [-0.2, 0) is 4.74 Å². The van der Waals surface area contributed by atoms with Gasteiger partial charge in [-0.05, 0) is 24.8 Å². The number of ether oxygens (including phenoxy) is 1. The van der Waals surface area contributed by atoms with Gasteiger partial charge in [-0.1, -0.05) is 19.4 Å². The van der Waals surface area contributed by atoms with Crippen molar-refractivity contribution in [3.63, 3.8) is 0 Å². The van der Waals surface area contributed by atoms with E-state index in [-0.39, 0.29) is 36.1 Å². The van der Waals surface area contributed by atoms with E-state index in [1.807, 2.05) is 0 Å². The highest BCUT2D eigenvalue weighted by Crippen LogP contribution is 2.27. The number of guanidine groups is 1. The molecule has 1 aliphatic heterocycles. The van der Waals surface area contributed by atoms with Gasteiger partial charge < -0.3 is 15.8 Å². The first-order valence-electron chi connectivity index (χ1n) is 8.13. The van der Waals surface area contributed by atoms with Gasteiger partial charge in [-0.3, -0.25) is 9.89 Å². The zero-order valence-electron chi connectivity index (χ0n) is 14.0. The molecule has 2 unspecified atom stereocenters. The molecular formula is C16H29IN4OS. The minimum absolute atomic E-state index is 0. The Bertz CT molecular complexity index is 455. The number of hydrogen-bond acceptors (Lipinski definition) is 4. The number of aliphatic imine (C=N–C) groups is 1. The molecule has 3 N–H and O–H groups in total. The zero-order chi connectivity index (χ0) is 15.8. The van der Waals surface area contributed by atoms with Gasteiger partial charge in [0.05, 0.1) is 25.3 Å². The average Bonchev–Trinajstić information content (AvgIpc) is 3.02. The lowest BCUT2D eigenvalue weighted by molar-refractivity contribution is -0.0327. The van der Waals surface area contributed by atoms with Crippen molar-refractivity contribution in [2.24, 2.45) is 10.7 Å². The van der Waals surface area contributed by atoms with E-state index in [0.29, 0.717) is 12.5 Å². The fourth-order valence-corrected chi connectivity index (χ4v) is 3.48.